The summed E-state index contributed by atoms with van der Waals surface area (Å²) >= 11 is 4.71. The molecule has 0 bridgehead atoms. The Morgan fingerprint density at radius 3 is 1.43 bits per heavy atom. The van der Waals surface area contributed by atoms with Crippen LogP contribution in [0.1, 0.15) is 127 Å². The van der Waals surface area contributed by atoms with Crippen LogP contribution < -0.4 is 16.0 Å². The minimum absolute atomic E-state index is 0.0176. The second kappa shape index (κ2) is 25.2. The van der Waals surface area contributed by atoms with E-state index in [4.69, 9.17) is 21.8 Å². The molecule has 77 heavy (non-hydrogen) atoms. The highest BCUT2D eigenvalue weighted by molar-refractivity contribution is 6.66. The van der Waals surface area contributed by atoms with Gasteiger partial charge < -0.3 is 40.6 Å². The molecule has 2 fully saturated rings. The van der Waals surface area contributed by atoms with Gasteiger partial charge in [0.05, 0.1) is 26.2 Å². The van der Waals surface area contributed by atoms with Crippen LogP contribution in [0.25, 0.3) is 0 Å². The molecule has 4 aliphatic rings. The number of hydrogen-bond acceptors (Lipinski definition) is 9. The smallest absolute Gasteiger partial charge is 0.272 e. The third-order valence-corrected chi connectivity index (χ3v) is 14.3. The Kier molecular flexibility index (Phi) is 18.1. The van der Waals surface area contributed by atoms with Gasteiger partial charge in [0.15, 0.2) is 11.4 Å². The SMILES string of the molecule is C=CC(=O)Cl.C=CC(=O)N1CCC(NC(=O)c2nn(Cc3ccc(F)cc3)c3c2CN(C(=O)c2ccc[nH]2)CC3C)CC1.CC1CN(C(=O)c2ccc[nH]2)Cc2c(C(=O)NC3CCNCC3)nn(Cc3ccc(F)cc3)c21. The van der Waals surface area contributed by atoms with Crippen LogP contribution in [0.3, 0.4) is 0 Å². The summed E-state index contributed by atoms with van der Waals surface area (Å²) in [4.78, 5) is 85.6. The molecule has 0 aliphatic carbocycles. The zero-order valence-corrected chi connectivity index (χ0v) is 43.8. The van der Waals surface area contributed by atoms with Crippen molar-refractivity contribution in [2.75, 3.05) is 39.3 Å². The van der Waals surface area contributed by atoms with Gasteiger partial charge in [0.25, 0.3) is 23.6 Å². The molecule has 21 heteroatoms. The first-order chi connectivity index (χ1) is 37.1. The zero-order valence-electron chi connectivity index (χ0n) is 43.1. The number of fused-ring (bicyclic) bond motifs is 2. The predicted molar refractivity (Wildman–Crippen MR) is 285 cm³/mol. The van der Waals surface area contributed by atoms with Gasteiger partial charge in [0.1, 0.15) is 23.0 Å². The third-order valence-electron chi connectivity index (χ3n) is 14.1. The number of hydrogen-bond donors (Lipinski definition) is 5. The van der Waals surface area contributed by atoms with E-state index in [0.29, 0.717) is 81.4 Å². The number of likely N-dealkylation sites (tertiary alicyclic amines) is 1. The van der Waals surface area contributed by atoms with E-state index in [0.717, 1.165) is 65.6 Å². The number of H-pyrrole nitrogens is 2. The molecule has 2 unspecified atom stereocenters. The molecule has 5 amide bonds. The molecule has 6 aromatic rings. The average molecular weight is 1070 g/mol. The van der Waals surface area contributed by atoms with Crippen LogP contribution in [0.5, 0.6) is 0 Å². The first kappa shape index (κ1) is 55.3. The van der Waals surface area contributed by atoms with Crippen LogP contribution in [0.15, 0.2) is 111 Å². The monoisotopic (exact) mass is 1070 g/mol. The van der Waals surface area contributed by atoms with Crippen molar-refractivity contribution in [2.24, 2.45) is 0 Å². The Hall–Kier alpha value is -7.97. The van der Waals surface area contributed by atoms with Gasteiger partial charge in [-0.05, 0) is 122 Å². The second-order valence-electron chi connectivity index (χ2n) is 19.6. The Morgan fingerprint density at radius 1 is 0.636 bits per heavy atom. The number of aromatic amines is 2. The van der Waals surface area contributed by atoms with Gasteiger partial charge in [-0.2, -0.15) is 10.2 Å². The van der Waals surface area contributed by atoms with Crippen LogP contribution in [-0.4, -0.2) is 130 Å². The van der Waals surface area contributed by atoms with E-state index in [-0.39, 0.29) is 71.6 Å². The summed E-state index contributed by atoms with van der Waals surface area (Å²) in [5, 5.41) is 18.5. The quantitative estimate of drug-likeness (QED) is 0.0655. The third kappa shape index (κ3) is 13.5. The number of allylic oxidation sites excluding steroid dienone is 1. The van der Waals surface area contributed by atoms with Crippen molar-refractivity contribution < 1.29 is 37.5 Å². The van der Waals surface area contributed by atoms with E-state index in [9.17, 15) is 37.5 Å². The Labute approximate surface area is 449 Å². The van der Waals surface area contributed by atoms with Gasteiger partial charge in [-0.15, -0.1) is 0 Å². The van der Waals surface area contributed by atoms with Crippen molar-refractivity contribution in [3.8, 4) is 0 Å². The maximum atomic E-state index is 13.5. The Morgan fingerprint density at radius 2 is 1.05 bits per heavy atom. The largest absolute Gasteiger partial charge is 0.357 e. The van der Waals surface area contributed by atoms with Crippen LogP contribution in [0.4, 0.5) is 8.78 Å². The summed E-state index contributed by atoms with van der Waals surface area (Å²) in [6.07, 6.45) is 8.80. The number of piperidine rings is 2. The van der Waals surface area contributed by atoms with Crippen LogP contribution in [0.2, 0.25) is 0 Å². The number of benzene rings is 2. The molecular weight excluding hydrogens is 1010 g/mol. The highest BCUT2D eigenvalue weighted by Crippen LogP contribution is 2.34. The van der Waals surface area contributed by atoms with Gasteiger partial charge in [0, 0.05) is 85.0 Å². The number of amides is 5. The minimum Gasteiger partial charge on any atom is -0.357 e. The number of halogens is 3. The average Bonchev–Trinajstić information content (AvgIpc) is 4.36. The van der Waals surface area contributed by atoms with E-state index in [2.05, 4.69) is 39.1 Å². The molecule has 0 saturated carbocycles. The van der Waals surface area contributed by atoms with Crippen molar-refractivity contribution in [3.05, 3.63) is 179 Å². The molecule has 404 valence electrons. The van der Waals surface area contributed by atoms with Crippen molar-refractivity contribution in [2.45, 2.75) is 89.6 Å². The zero-order chi connectivity index (χ0) is 54.8. The number of nitrogens with zero attached hydrogens (tertiary/aromatic N) is 7. The highest BCUT2D eigenvalue weighted by Gasteiger charge is 2.37. The summed E-state index contributed by atoms with van der Waals surface area (Å²) in [6, 6.07) is 19.6. The maximum absolute atomic E-state index is 13.5. The summed E-state index contributed by atoms with van der Waals surface area (Å²) in [5.74, 6) is -1.54. The standard InChI is InChI=1S/C28H31FN6O3.C25H29FN6O2.C3H3ClO/c1-3-24(36)33-13-10-21(11-14-33)31-27(37)25-22-17-34(28(38)23-5-4-12-30-23)15-18(2)26(22)35(32-25)16-19-6-8-20(29)9-7-19;1-16-13-31(25(34)21-3-2-10-28-21)15-20-22(24(33)29-19-8-11-27-12-9-19)30-32(23(16)20)14-17-4-6-18(26)7-5-17;1-2-3(4)5/h3-9,12,18,21,30H,1,10-11,13-17H2,2H3,(H,31,37);2-7,10,16,19,27-28H,8-9,11-15H2,1H3,(H,29,33);2H,1H2. The van der Waals surface area contributed by atoms with Crippen LogP contribution in [0, 0.1) is 11.6 Å². The first-order valence-electron chi connectivity index (χ1n) is 25.7. The lowest BCUT2D eigenvalue weighted by molar-refractivity contribution is -0.127. The molecule has 4 aromatic heterocycles. The first-order valence-corrected chi connectivity index (χ1v) is 26.1. The molecule has 0 spiro atoms. The van der Waals surface area contributed by atoms with Crippen LogP contribution in [-0.2, 0) is 35.8 Å². The number of carbonyl (C=O) groups excluding carboxylic acids is 6. The van der Waals surface area contributed by atoms with Gasteiger partial charge in [-0.3, -0.25) is 38.1 Å². The topological polar surface area (TPSA) is 215 Å². The lowest BCUT2D eigenvalue weighted by atomic mass is 9.95. The molecule has 10 rings (SSSR count). The second-order valence-corrected chi connectivity index (χ2v) is 20.0. The predicted octanol–water partition coefficient (Wildman–Crippen LogP) is 6.64. The molecular formula is C56H63ClF2N12O6. The highest BCUT2D eigenvalue weighted by atomic mass is 35.5. The molecule has 8 heterocycles. The lowest BCUT2D eigenvalue weighted by Gasteiger charge is -2.32. The summed E-state index contributed by atoms with van der Waals surface area (Å²) in [6.45, 7) is 15.9. The fraction of sp³-hybridized carbons (Fsp3) is 0.357. The Bertz CT molecular complexity index is 3070. The minimum atomic E-state index is -0.509. The van der Waals surface area contributed by atoms with Crippen LogP contribution >= 0.6 is 11.6 Å². The Balaban J connectivity index is 0.000000188. The van der Waals surface area contributed by atoms with Crippen molar-refractivity contribution in [1.29, 1.82) is 0 Å². The molecule has 4 aliphatic heterocycles. The lowest BCUT2D eigenvalue weighted by Crippen LogP contribution is -2.46. The molecule has 2 aromatic carbocycles. The van der Waals surface area contributed by atoms with Gasteiger partial charge in [-0.1, -0.05) is 51.3 Å². The van der Waals surface area contributed by atoms with Gasteiger partial charge in [-0.25, -0.2) is 8.78 Å². The number of aromatic nitrogens is 6. The summed E-state index contributed by atoms with van der Waals surface area (Å²) < 4.78 is 30.5. The normalized spacial score (nSPS) is 17.3. The summed E-state index contributed by atoms with van der Waals surface area (Å²) in [5.41, 5.74) is 6.80. The number of rotatable bonds is 12. The fourth-order valence-electron chi connectivity index (χ4n) is 10.3. The fourth-order valence-corrected chi connectivity index (χ4v) is 10.3. The molecule has 0 radical (unpaired) electrons. The van der Waals surface area contributed by atoms with Crippen molar-refractivity contribution in [3.63, 3.8) is 0 Å². The molecule has 5 N–H and O–H groups in total. The van der Waals surface area contributed by atoms with Gasteiger partial charge in [0.2, 0.25) is 11.1 Å². The van der Waals surface area contributed by atoms with Crippen molar-refractivity contribution in [1.82, 2.24) is 60.2 Å². The van der Waals surface area contributed by atoms with E-state index >= 15 is 0 Å². The molecule has 2 saturated heterocycles. The van der Waals surface area contributed by atoms with Crippen molar-refractivity contribution >= 4 is 46.4 Å². The number of carbonyl (C=O) groups is 6. The molecule has 2 atom stereocenters. The molecule has 18 nitrogen and oxygen atoms in total. The van der Waals surface area contributed by atoms with E-state index in [1.807, 2.05) is 23.2 Å². The van der Waals surface area contributed by atoms with E-state index in [1.165, 1.54) is 30.3 Å². The van der Waals surface area contributed by atoms with E-state index < -0.39 is 5.24 Å². The van der Waals surface area contributed by atoms with Gasteiger partial charge >= 0.3 is 0 Å². The summed E-state index contributed by atoms with van der Waals surface area (Å²) in [7, 11) is 0. The number of nitrogens with one attached hydrogen (secondary N) is 5. The van der Waals surface area contributed by atoms with E-state index in [1.54, 1.807) is 75.6 Å². The maximum Gasteiger partial charge on any atom is 0.272 e.